The Kier molecular flexibility index (Phi) is 9.38. The van der Waals surface area contributed by atoms with Gasteiger partial charge in [0.25, 0.3) is 0 Å². The van der Waals surface area contributed by atoms with E-state index in [-0.39, 0.29) is 22.8 Å². The molecule has 0 fully saturated rings. The van der Waals surface area contributed by atoms with Gasteiger partial charge in [-0.15, -0.1) is 0 Å². The van der Waals surface area contributed by atoms with Gasteiger partial charge in [0.05, 0.1) is 0 Å². The van der Waals surface area contributed by atoms with Crippen molar-refractivity contribution >= 4 is 13.5 Å². The van der Waals surface area contributed by atoms with Crippen LogP contribution in [0.2, 0.25) is 19.6 Å². The first-order valence-corrected chi connectivity index (χ1v) is 11.1. The van der Waals surface area contributed by atoms with Gasteiger partial charge in [-0.1, -0.05) is 58.3 Å². The molecular formula is C15H29NO3Si. The van der Waals surface area contributed by atoms with Crippen LogP contribution < -0.4 is 0 Å². The summed E-state index contributed by atoms with van der Waals surface area (Å²) in [5.74, 6) is 0.0625. The summed E-state index contributed by atoms with van der Waals surface area (Å²) in [6.45, 7) is 8.20. The van der Waals surface area contributed by atoms with Crippen molar-refractivity contribution in [2.45, 2.75) is 65.1 Å². The average molecular weight is 299 g/mol. The molecule has 1 atom stereocenters. The quantitative estimate of drug-likeness (QED) is 0.188. The molecule has 0 aromatic rings. The lowest BCUT2D eigenvalue weighted by Crippen LogP contribution is -2.31. The second kappa shape index (κ2) is 9.86. The number of hydrogen-bond donors (Lipinski definition) is 0. The maximum absolute atomic E-state index is 11.8. The molecule has 0 saturated carbocycles. The molecule has 0 saturated heterocycles. The van der Waals surface area contributed by atoms with Crippen LogP contribution in [0, 0.1) is 16.0 Å². The van der Waals surface area contributed by atoms with Gasteiger partial charge in [-0.25, -0.2) is 0 Å². The summed E-state index contributed by atoms with van der Waals surface area (Å²) in [5, 5.41) is 10.9. The average Bonchev–Trinajstić information content (AvgIpc) is 2.32. The first-order valence-electron chi connectivity index (χ1n) is 7.60. The Balaban J connectivity index is 4.25. The van der Waals surface area contributed by atoms with Crippen LogP contribution in [0.1, 0.15) is 45.4 Å². The van der Waals surface area contributed by atoms with Crippen LogP contribution in [0.3, 0.4) is 0 Å². The van der Waals surface area contributed by atoms with Crippen molar-refractivity contribution in [3.63, 3.8) is 0 Å². The number of hydrogen-bond acceptors (Lipinski definition) is 3. The van der Waals surface area contributed by atoms with Crippen molar-refractivity contribution in [3.8, 4) is 0 Å². The van der Waals surface area contributed by atoms with Crippen LogP contribution in [0.15, 0.2) is 12.2 Å². The van der Waals surface area contributed by atoms with Gasteiger partial charge in [0, 0.05) is 10.8 Å². The molecule has 0 rings (SSSR count). The van der Waals surface area contributed by atoms with E-state index in [4.69, 9.17) is 0 Å². The van der Waals surface area contributed by atoms with Gasteiger partial charge in [-0.3, -0.25) is 10.1 Å². The van der Waals surface area contributed by atoms with Gasteiger partial charge in [0.2, 0.25) is 6.54 Å². The van der Waals surface area contributed by atoms with Crippen LogP contribution in [-0.4, -0.2) is 24.9 Å². The summed E-state index contributed by atoms with van der Waals surface area (Å²) in [6, 6.07) is 0. The fourth-order valence-electron chi connectivity index (χ4n) is 1.97. The molecule has 0 N–H and O–H groups in total. The van der Waals surface area contributed by atoms with Crippen LogP contribution in [0.25, 0.3) is 0 Å². The number of allylic oxidation sites excluding steroid dienone is 2. The molecular weight excluding hydrogens is 270 g/mol. The fraction of sp³-hybridized carbons (Fsp3) is 0.800. The Morgan fingerprint density at radius 3 is 2.40 bits per heavy atom. The minimum atomic E-state index is -1.76. The smallest absolute Gasteiger partial charge is 0.206 e. The maximum atomic E-state index is 11.8. The van der Waals surface area contributed by atoms with E-state index >= 15 is 0 Å². The van der Waals surface area contributed by atoms with Crippen LogP contribution in [-0.2, 0) is 4.79 Å². The Morgan fingerprint density at radius 1 is 1.25 bits per heavy atom. The normalized spacial score (nSPS) is 13.6. The number of rotatable bonds is 11. The van der Waals surface area contributed by atoms with E-state index in [1.807, 2.05) is 25.7 Å². The summed E-state index contributed by atoms with van der Waals surface area (Å²) < 4.78 is 0. The molecule has 116 valence electrons. The molecule has 0 aliphatic carbocycles. The van der Waals surface area contributed by atoms with E-state index in [1.165, 1.54) is 12.8 Å². The van der Waals surface area contributed by atoms with Crippen LogP contribution >= 0.6 is 0 Å². The molecule has 5 heteroatoms. The molecule has 0 heterocycles. The van der Waals surface area contributed by atoms with Crippen molar-refractivity contribution in [3.05, 3.63) is 22.3 Å². The third kappa shape index (κ3) is 9.89. The van der Waals surface area contributed by atoms with Crippen molar-refractivity contribution in [2.75, 3.05) is 6.54 Å². The topological polar surface area (TPSA) is 60.2 Å². The van der Waals surface area contributed by atoms with Gasteiger partial charge >= 0.3 is 0 Å². The minimum Gasteiger partial charge on any atom is -0.301 e. The zero-order valence-corrected chi connectivity index (χ0v) is 14.4. The summed E-state index contributed by atoms with van der Waals surface area (Å²) in [7, 11) is -1.76. The number of unbranched alkanes of at least 4 members (excludes halogenated alkanes) is 3. The molecule has 0 aliphatic rings. The number of nitro groups is 1. The minimum absolute atomic E-state index is 0.0115. The lowest BCUT2D eigenvalue weighted by molar-refractivity contribution is -0.488. The van der Waals surface area contributed by atoms with Crippen molar-refractivity contribution < 1.29 is 9.72 Å². The first-order chi connectivity index (χ1) is 9.27. The predicted octanol–water partition coefficient (Wildman–Crippen LogP) is 4.24. The van der Waals surface area contributed by atoms with E-state index < -0.39 is 8.07 Å². The summed E-state index contributed by atoms with van der Waals surface area (Å²) in [6.07, 6.45) is 9.56. The first kappa shape index (κ1) is 19.0. The summed E-state index contributed by atoms with van der Waals surface area (Å²) in [5.41, 5.74) is 0. The van der Waals surface area contributed by atoms with E-state index in [9.17, 15) is 14.9 Å². The third-order valence-corrected chi connectivity index (χ3v) is 5.00. The molecule has 0 spiro atoms. The number of carbonyl (C=O) groups is 1. The second-order valence-corrected chi connectivity index (χ2v) is 11.5. The van der Waals surface area contributed by atoms with Gasteiger partial charge in [0.15, 0.2) is 0 Å². The highest BCUT2D eigenvalue weighted by atomic mass is 28.3. The maximum Gasteiger partial charge on any atom is 0.206 e. The molecule has 0 aromatic carbocycles. The van der Waals surface area contributed by atoms with Gasteiger partial charge < -0.3 is 4.79 Å². The van der Waals surface area contributed by atoms with E-state index in [2.05, 4.69) is 6.92 Å². The van der Waals surface area contributed by atoms with Gasteiger partial charge in [-0.2, -0.15) is 0 Å². The van der Waals surface area contributed by atoms with Crippen molar-refractivity contribution in [2.24, 2.45) is 5.92 Å². The highest BCUT2D eigenvalue weighted by molar-refractivity contribution is 7.04. The Hall–Kier alpha value is -0.973. The van der Waals surface area contributed by atoms with Crippen LogP contribution in [0.5, 0.6) is 0 Å². The summed E-state index contributed by atoms with van der Waals surface area (Å²) in [4.78, 5) is 22.2. The predicted molar refractivity (Wildman–Crippen MR) is 86.2 cm³/mol. The third-order valence-electron chi connectivity index (χ3n) is 3.35. The lowest BCUT2D eigenvalue weighted by Gasteiger charge is -2.12. The Morgan fingerprint density at radius 2 is 1.90 bits per heavy atom. The van der Waals surface area contributed by atoms with Gasteiger partial charge in [-0.05, 0) is 18.9 Å². The molecule has 1 unspecified atom stereocenters. The highest BCUT2D eigenvalue weighted by Crippen LogP contribution is 2.16. The van der Waals surface area contributed by atoms with Crippen LogP contribution in [0.4, 0.5) is 0 Å². The van der Waals surface area contributed by atoms with E-state index in [1.54, 1.807) is 6.08 Å². The molecule has 0 amide bonds. The molecule has 0 bridgehead atoms. The largest absolute Gasteiger partial charge is 0.301 e. The molecule has 0 radical (unpaired) electrons. The monoisotopic (exact) mass is 299 g/mol. The standard InChI is InChI=1S/C15H29NO3Si/c1-5-6-7-8-10-14(13-16(18)19)11-9-12-15(17)20(2,3)4/h9,12,14H,5-8,10-11,13H2,1-4H3/b12-9+. The molecule has 0 aliphatic heterocycles. The Bertz CT molecular complexity index is 335. The molecule has 4 nitrogen and oxygen atoms in total. The highest BCUT2D eigenvalue weighted by Gasteiger charge is 2.21. The number of carbonyl (C=O) groups excluding carboxylic acids is 1. The van der Waals surface area contributed by atoms with E-state index in [0.29, 0.717) is 6.42 Å². The van der Waals surface area contributed by atoms with Gasteiger partial charge in [0.1, 0.15) is 13.5 Å². The fourth-order valence-corrected chi connectivity index (χ4v) is 2.59. The second-order valence-electron chi connectivity index (χ2n) is 6.48. The van der Waals surface area contributed by atoms with E-state index in [0.717, 1.165) is 19.3 Å². The summed E-state index contributed by atoms with van der Waals surface area (Å²) >= 11 is 0. The Labute approximate surface area is 123 Å². The number of nitrogens with zero attached hydrogens (tertiary/aromatic N) is 1. The zero-order valence-electron chi connectivity index (χ0n) is 13.4. The zero-order chi connectivity index (χ0) is 15.6. The lowest BCUT2D eigenvalue weighted by atomic mass is 9.97. The van der Waals surface area contributed by atoms with Crippen molar-refractivity contribution in [1.82, 2.24) is 0 Å². The van der Waals surface area contributed by atoms with Crippen molar-refractivity contribution in [1.29, 1.82) is 0 Å². The SMILES string of the molecule is CCCCCCC(C/C=C/C(=O)[Si](C)(C)C)C[N+](=O)[O-]. The molecule has 20 heavy (non-hydrogen) atoms. The molecule has 0 aromatic heterocycles.